The van der Waals surface area contributed by atoms with Gasteiger partial charge in [-0.3, -0.25) is 0 Å². The van der Waals surface area contributed by atoms with Crippen LogP contribution in [0, 0.1) is 5.92 Å². The molecule has 2 aliphatic rings. The monoisotopic (exact) mass is 441 g/mol. The van der Waals surface area contributed by atoms with Gasteiger partial charge in [0.1, 0.15) is 0 Å². The first kappa shape index (κ1) is 19.4. The summed E-state index contributed by atoms with van der Waals surface area (Å²) in [5.41, 5.74) is 6.15. The standard InChI is InChI=1S/C31H23NO2/c33-31(34)25-15-7-14-24-27-21-11-4-3-10-20(21)17-26(27)30(32-29(24)25)28-22-12-5-1-8-18(22)16-19-9-2-6-13-23(19)28/h1-16,26-27,30,32H,17H2,(H,33,34)/t26-,27+,30+/m1/s1. The Hall–Kier alpha value is -4.11. The summed E-state index contributed by atoms with van der Waals surface area (Å²) in [5, 5.41) is 18.7. The van der Waals surface area contributed by atoms with E-state index in [-0.39, 0.29) is 12.0 Å². The molecule has 5 aromatic carbocycles. The molecule has 0 saturated carbocycles. The van der Waals surface area contributed by atoms with Crippen molar-refractivity contribution in [2.45, 2.75) is 18.4 Å². The second kappa shape index (κ2) is 7.19. The van der Waals surface area contributed by atoms with Gasteiger partial charge in [-0.25, -0.2) is 4.79 Å². The molecule has 0 spiro atoms. The zero-order valence-electron chi connectivity index (χ0n) is 18.5. The number of benzene rings is 5. The second-order valence-electron chi connectivity index (χ2n) is 9.47. The number of carbonyl (C=O) groups is 1. The Morgan fingerprint density at radius 1 is 0.765 bits per heavy atom. The molecular formula is C31H23NO2. The van der Waals surface area contributed by atoms with Crippen LogP contribution < -0.4 is 5.32 Å². The van der Waals surface area contributed by atoms with E-state index in [2.05, 4.69) is 90.2 Å². The van der Waals surface area contributed by atoms with Crippen molar-refractivity contribution in [3.63, 3.8) is 0 Å². The van der Waals surface area contributed by atoms with Gasteiger partial charge in [0, 0.05) is 5.92 Å². The molecule has 1 aliphatic carbocycles. The van der Waals surface area contributed by atoms with E-state index in [1.165, 1.54) is 38.2 Å². The van der Waals surface area contributed by atoms with Crippen LogP contribution in [-0.4, -0.2) is 11.1 Å². The van der Waals surface area contributed by atoms with Gasteiger partial charge >= 0.3 is 5.97 Å². The smallest absolute Gasteiger partial charge is 0.337 e. The molecule has 3 heteroatoms. The first-order valence-electron chi connectivity index (χ1n) is 11.8. The Kier molecular flexibility index (Phi) is 4.10. The van der Waals surface area contributed by atoms with Crippen LogP contribution in [0.15, 0.2) is 97.1 Å². The number of anilines is 1. The van der Waals surface area contributed by atoms with Crippen molar-refractivity contribution < 1.29 is 9.90 Å². The first-order valence-corrected chi connectivity index (χ1v) is 11.8. The minimum absolute atomic E-state index is 0.0126. The number of rotatable bonds is 2. The molecule has 34 heavy (non-hydrogen) atoms. The lowest BCUT2D eigenvalue weighted by Gasteiger charge is -2.39. The third-order valence-corrected chi connectivity index (χ3v) is 7.79. The fourth-order valence-electron chi connectivity index (χ4n) is 6.44. The number of nitrogens with one attached hydrogen (secondary N) is 1. The van der Waals surface area contributed by atoms with Crippen molar-refractivity contribution in [3.8, 4) is 0 Å². The molecule has 3 atom stereocenters. The molecule has 0 fully saturated rings. The molecule has 1 heterocycles. The quantitative estimate of drug-likeness (QED) is 0.286. The Morgan fingerprint density at radius 3 is 2.15 bits per heavy atom. The second-order valence-corrected chi connectivity index (χ2v) is 9.47. The Balaban J connectivity index is 1.55. The maximum Gasteiger partial charge on any atom is 0.337 e. The van der Waals surface area contributed by atoms with E-state index in [0.29, 0.717) is 11.5 Å². The van der Waals surface area contributed by atoms with Crippen LogP contribution in [0.1, 0.15) is 44.6 Å². The summed E-state index contributed by atoms with van der Waals surface area (Å²) >= 11 is 0. The Labute approximate surface area is 197 Å². The molecule has 1 aliphatic heterocycles. The van der Waals surface area contributed by atoms with Crippen LogP contribution in [0.2, 0.25) is 0 Å². The van der Waals surface area contributed by atoms with Crippen molar-refractivity contribution >= 4 is 33.2 Å². The lowest BCUT2D eigenvalue weighted by atomic mass is 9.73. The van der Waals surface area contributed by atoms with Crippen molar-refractivity contribution in [2.24, 2.45) is 5.92 Å². The van der Waals surface area contributed by atoms with Crippen LogP contribution >= 0.6 is 0 Å². The van der Waals surface area contributed by atoms with E-state index in [0.717, 1.165) is 17.7 Å². The SMILES string of the molecule is O=C(O)c1cccc2c1N[C@H](c1c3ccccc3cc3ccccc13)[C@@H]1Cc3ccccc3[C@@H]21. The number of fused-ring (bicyclic) bond motifs is 7. The van der Waals surface area contributed by atoms with E-state index in [4.69, 9.17) is 0 Å². The van der Waals surface area contributed by atoms with Crippen LogP contribution in [0.4, 0.5) is 5.69 Å². The molecule has 0 amide bonds. The van der Waals surface area contributed by atoms with Gasteiger partial charge in [0.05, 0.1) is 17.3 Å². The summed E-state index contributed by atoms with van der Waals surface area (Å²) in [6.45, 7) is 0. The molecule has 0 saturated heterocycles. The fraction of sp³-hybridized carbons (Fsp3) is 0.129. The minimum Gasteiger partial charge on any atom is -0.478 e. The van der Waals surface area contributed by atoms with Crippen molar-refractivity contribution in [2.75, 3.05) is 5.32 Å². The van der Waals surface area contributed by atoms with Crippen LogP contribution in [0.25, 0.3) is 21.5 Å². The van der Waals surface area contributed by atoms with Gasteiger partial charge in [-0.15, -0.1) is 0 Å². The molecule has 3 nitrogen and oxygen atoms in total. The number of para-hydroxylation sites is 1. The zero-order valence-corrected chi connectivity index (χ0v) is 18.5. The molecule has 0 unspecified atom stereocenters. The molecular weight excluding hydrogens is 418 g/mol. The van der Waals surface area contributed by atoms with E-state index in [1.807, 2.05) is 6.07 Å². The number of aromatic carboxylic acids is 1. The summed E-state index contributed by atoms with van der Waals surface area (Å²) in [4.78, 5) is 12.2. The van der Waals surface area contributed by atoms with Gasteiger partial charge in [0.15, 0.2) is 0 Å². The topological polar surface area (TPSA) is 49.3 Å². The lowest BCUT2D eigenvalue weighted by molar-refractivity contribution is 0.0697. The number of carboxylic acid groups (broad SMARTS) is 1. The van der Waals surface area contributed by atoms with Gasteiger partial charge < -0.3 is 10.4 Å². The van der Waals surface area contributed by atoms with Gasteiger partial charge in [0.25, 0.3) is 0 Å². The maximum atomic E-state index is 12.2. The van der Waals surface area contributed by atoms with Crippen LogP contribution in [-0.2, 0) is 6.42 Å². The highest BCUT2D eigenvalue weighted by Crippen LogP contribution is 2.55. The first-order chi connectivity index (χ1) is 16.7. The zero-order chi connectivity index (χ0) is 22.8. The highest BCUT2D eigenvalue weighted by atomic mass is 16.4. The van der Waals surface area contributed by atoms with E-state index >= 15 is 0 Å². The molecule has 0 aromatic heterocycles. The van der Waals surface area contributed by atoms with Crippen LogP contribution in [0.5, 0.6) is 0 Å². The maximum absolute atomic E-state index is 12.2. The van der Waals surface area contributed by atoms with Gasteiger partial charge in [-0.1, -0.05) is 84.9 Å². The summed E-state index contributed by atoms with van der Waals surface area (Å²) in [7, 11) is 0. The van der Waals surface area contributed by atoms with E-state index < -0.39 is 5.97 Å². The van der Waals surface area contributed by atoms with Crippen molar-refractivity contribution in [1.29, 1.82) is 0 Å². The molecule has 0 radical (unpaired) electrons. The lowest BCUT2D eigenvalue weighted by Crippen LogP contribution is -2.31. The summed E-state index contributed by atoms with van der Waals surface area (Å²) < 4.78 is 0. The Morgan fingerprint density at radius 2 is 1.41 bits per heavy atom. The van der Waals surface area contributed by atoms with Crippen LogP contribution in [0.3, 0.4) is 0 Å². The molecule has 5 aromatic rings. The Bertz CT molecular complexity index is 1570. The van der Waals surface area contributed by atoms with Crippen molar-refractivity contribution in [1.82, 2.24) is 0 Å². The number of hydrogen-bond donors (Lipinski definition) is 2. The van der Waals surface area contributed by atoms with E-state index in [1.54, 1.807) is 6.07 Å². The molecule has 7 rings (SSSR count). The minimum atomic E-state index is -0.893. The predicted molar refractivity (Wildman–Crippen MR) is 137 cm³/mol. The summed E-state index contributed by atoms with van der Waals surface area (Å²) in [5.74, 6) is -0.437. The third kappa shape index (κ3) is 2.67. The third-order valence-electron chi connectivity index (χ3n) is 7.79. The summed E-state index contributed by atoms with van der Waals surface area (Å²) in [6, 6.07) is 33.7. The largest absolute Gasteiger partial charge is 0.478 e. The number of carboxylic acids is 1. The average Bonchev–Trinajstić information content (AvgIpc) is 3.26. The van der Waals surface area contributed by atoms with Gasteiger partial charge in [-0.2, -0.15) is 0 Å². The van der Waals surface area contributed by atoms with Crippen molar-refractivity contribution in [3.05, 3.63) is 125 Å². The molecule has 164 valence electrons. The highest BCUT2D eigenvalue weighted by molar-refractivity contribution is 6.03. The highest BCUT2D eigenvalue weighted by Gasteiger charge is 2.45. The van der Waals surface area contributed by atoms with Gasteiger partial charge in [-0.05, 0) is 68.3 Å². The van der Waals surface area contributed by atoms with E-state index in [9.17, 15) is 9.90 Å². The fourth-order valence-corrected chi connectivity index (χ4v) is 6.44. The van der Waals surface area contributed by atoms with Gasteiger partial charge in [0.2, 0.25) is 0 Å². The normalized spacial score (nSPS) is 20.4. The summed E-state index contributed by atoms with van der Waals surface area (Å²) in [6.07, 6.45) is 0.965. The average molecular weight is 442 g/mol. The predicted octanol–water partition coefficient (Wildman–Crippen LogP) is 7.16. The molecule has 2 N–H and O–H groups in total. The molecule has 0 bridgehead atoms. The number of hydrogen-bond acceptors (Lipinski definition) is 2.